The van der Waals surface area contributed by atoms with Gasteiger partial charge in [-0.15, -0.1) is 11.8 Å². The van der Waals surface area contributed by atoms with Gasteiger partial charge in [-0.2, -0.15) is 0 Å². The maximum atomic E-state index is 12.0. The molecule has 1 saturated carbocycles. The number of rotatable bonds is 9. The third-order valence-electron chi connectivity index (χ3n) is 4.53. The van der Waals surface area contributed by atoms with Gasteiger partial charge < -0.3 is 14.6 Å². The average molecular weight is 368 g/mol. The van der Waals surface area contributed by atoms with Gasteiger partial charge in [-0.25, -0.2) is 4.98 Å². The number of carbonyl (C=O) groups excluding carboxylic acids is 1. The van der Waals surface area contributed by atoms with Crippen LogP contribution in [0.15, 0.2) is 17.0 Å². The molecule has 0 bridgehead atoms. The first-order chi connectivity index (χ1) is 12.0. The van der Waals surface area contributed by atoms with Crippen molar-refractivity contribution in [2.24, 2.45) is 5.92 Å². The first kappa shape index (κ1) is 20.0. The highest BCUT2D eigenvalue weighted by atomic mass is 32.2. The largest absolute Gasteiger partial charge is 0.474 e. The molecule has 1 aromatic rings. The molecule has 3 atom stereocenters. The Balaban J connectivity index is 2.06. The number of aliphatic hydroxyl groups is 1. The van der Waals surface area contributed by atoms with E-state index in [1.54, 1.807) is 11.8 Å². The van der Waals surface area contributed by atoms with Gasteiger partial charge >= 0.3 is 5.97 Å². The fourth-order valence-corrected chi connectivity index (χ4v) is 4.50. The van der Waals surface area contributed by atoms with Crippen LogP contribution in [0.2, 0.25) is 0 Å². The maximum absolute atomic E-state index is 12.0. The molecule has 0 aromatic carbocycles. The van der Waals surface area contributed by atoms with Crippen molar-refractivity contribution in [1.29, 1.82) is 0 Å². The van der Waals surface area contributed by atoms with Crippen molar-refractivity contribution >= 4 is 17.7 Å². The molecular weight excluding hydrogens is 338 g/mol. The Morgan fingerprint density at radius 2 is 2.20 bits per heavy atom. The number of thioether (sulfide) groups is 1. The van der Waals surface area contributed by atoms with Crippen molar-refractivity contribution in [3.63, 3.8) is 0 Å². The van der Waals surface area contributed by atoms with Crippen molar-refractivity contribution in [1.82, 2.24) is 4.98 Å². The Labute approximate surface area is 154 Å². The molecule has 6 heteroatoms. The summed E-state index contributed by atoms with van der Waals surface area (Å²) in [6.45, 7) is 4.19. The fraction of sp³-hybridized carbons (Fsp3) is 0.684. The molecule has 0 amide bonds. The van der Waals surface area contributed by atoms with Crippen LogP contribution in [0.25, 0.3) is 0 Å². The van der Waals surface area contributed by atoms with E-state index in [2.05, 4.69) is 4.98 Å². The smallest absolute Gasteiger partial charge is 0.309 e. The van der Waals surface area contributed by atoms with Crippen molar-refractivity contribution in [2.75, 3.05) is 13.7 Å². The molecule has 5 nitrogen and oxygen atoms in total. The molecule has 1 heterocycles. The molecule has 0 saturated heterocycles. The van der Waals surface area contributed by atoms with Crippen LogP contribution in [0.4, 0.5) is 0 Å². The van der Waals surface area contributed by atoms with E-state index < -0.39 is 0 Å². The number of unbranched alkanes of at least 4 members (excludes halogenated alkanes) is 1. The first-order valence-electron chi connectivity index (χ1n) is 9.04. The van der Waals surface area contributed by atoms with Gasteiger partial charge in [0.25, 0.3) is 0 Å². The number of hydrogen-bond donors (Lipinski definition) is 1. The number of ether oxygens (including phenoxy) is 2. The topological polar surface area (TPSA) is 68.7 Å². The van der Waals surface area contributed by atoms with E-state index in [4.69, 9.17) is 14.6 Å². The number of hydrogen-bond acceptors (Lipinski definition) is 6. The third kappa shape index (κ3) is 5.89. The van der Waals surface area contributed by atoms with Crippen LogP contribution in [-0.2, 0) is 9.53 Å². The van der Waals surface area contributed by atoms with Crippen LogP contribution in [0, 0.1) is 12.8 Å². The Morgan fingerprint density at radius 1 is 1.40 bits per heavy atom. The zero-order valence-corrected chi connectivity index (χ0v) is 16.2. The van der Waals surface area contributed by atoms with Gasteiger partial charge in [0.1, 0.15) is 0 Å². The summed E-state index contributed by atoms with van der Waals surface area (Å²) < 4.78 is 11.0. The second-order valence-electron chi connectivity index (χ2n) is 6.62. The van der Waals surface area contributed by atoms with Crippen LogP contribution in [0.5, 0.6) is 5.88 Å². The summed E-state index contributed by atoms with van der Waals surface area (Å²) in [7, 11) is 1.46. The van der Waals surface area contributed by atoms with E-state index in [0.717, 1.165) is 49.1 Å². The van der Waals surface area contributed by atoms with Crippen LogP contribution in [0.1, 0.15) is 51.1 Å². The van der Waals surface area contributed by atoms with Crippen LogP contribution in [-0.4, -0.2) is 41.1 Å². The Morgan fingerprint density at radius 3 is 2.92 bits per heavy atom. The Hall–Kier alpha value is -1.27. The maximum Gasteiger partial charge on any atom is 0.309 e. The molecule has 1 aliphatic carbocycles. The average Bonchev–Trinajstić information content (AvgIpc) is 3.05. The van der Waals surface area contributed by atoms with E-state index in [1.165, 1.54) is 7.11 Å². The second kappa shape index (κ2) is 10.0. The predicted octanol–water partition coefficient (Wildman–Crippen LogP) is 3.75. The summed E-state index contributed by atoms with van der Waals surface area (Å²) in [5.74, 6) is 0.484. The molecular formula is C19H29NO4S. The lowest BCUT2D eigenvalue weighted by Gasteiger charge is -2.20. The normalized spacial score (nSPS) is 21.1. The number of pyridine rings is 1. The van der Waals surface area contributed by atoms with Crippen LogP contribution in [0.3, 0.4) is 0 Å². The second-order valence-corrected chi connectivity index (χ2v) is 7.90. The van der Waals surface area contributed by atoms with Crippen molar-refractivity contribution in [3.05, 3.63) is 17.8 Å². The molecule has 0 aliphatic heterocycles. The van der Waals surface area contributed by atoms with E-state index in [-0.39, 0.29) is 29.8 Å². The number of nitrogens with zero attached hydrogens (tertiary/aromatic N) is 1. The van der Waals surface area contributed by atoms with Gasteiger partial charge in [0.15, 0.2) is 0 Å². The van der Waals surface area contributed by atoms with Gasteiger partial charge in [0.2, 0.25) is 5.88 Å². The summed E-state index contributed by atoms with van der Waals surface area (Å²) in [5, 5.41) is 9.12. The first-order valence-corrected chi connectivity index (χ1v) is 9.92. The number of carbonyl (C=O) groups is 1. The van der Waals surface area contributed by atoms with Crippen LogP contribution >= 0.6 is 11.8 Å². The summed E-state index contributed by atoms with van der Waals surface area (Å²) in [6.07, 6.45) is 5.58. The molecule has 0 spiro atoms. The van der Waals surface area contributed by atoms with Crippen molar-refractivity contribution in [2.45, 2.75) is 68.6 Å². The van der Waals surface area contributed by atoms with E-state index in [1.807, 2.05) is 26.0 Å². The zero-order chi connectivity index (χ0) is 18.2. The lowest BCUT2D eigenvalue weighted by Crippen LogP contribution is -2.22. The molecule has 1 aromatic heterocycles. The lowest BCUT2D eigenvalue weighted by atomic mass is 10.1. The van der Waals surface area contributed by atoms with E-state index in [9.17, 15) is 4.79 Å². The summed E-state index contributed by atoms with van der Waals surface area (Å²) in [5.41, 5.74) is 0.915. The number of aryl methyl sites for hydroxylation is 1. The number of methoxy groups -OCH3 is 1. The molecule has 0 unspecified atom stereocenters. The van der Waals surface area contributed by atoms with E-state index >= 15 is 0 Å². The van der Waals surface area contributed by atoms with Gasteiger partial charge in [-0.1, -0.05) is 6.42 Å². The van der Waals surface area contributed by atoms with Gasteiger partial charge in [-0.05, 0) is 58.1 Å². The highest BCUT2D eigenvalue weighted by molar-refractivity contribution is 8.00. The molecule has 1 fully saturated rings. The van der Waals surface area contributed by atoms with E-state index in [0.29, 0.717) is 5.88 Å². The van der Waals surface area contributed by atoms with Crippen molar-refractivity contribution < 1.29 is 19.4 Å². The molecule has 2 rings (SSSR count). The van der Waals surface area contributed by atoms with Crippen molar-refractivity contribution in [3.8, 4) is 5.88 Å². The fourth-order valence-electron chi connectivity index (χ4n) is 3.14. The minimum absolute atomic E-state index is 0.0418. The van der Waals surface area contributed by atoms with Crippen LogP contribution < -0.4 is 4.74 Å². The number of aromatic nitrogens is 1. The van der Waals surface area contributed by atoms with Gasteiger partial charge in [0, 0.05) is 17.6 Å². The minimum Gasteiger partial charge on any atom is -0.474 e. The predicted molar refractivity (Wildman–Crippen MR) is 99.0 cm³/mol. The number of aliphatic hydroxyl groups excluding tert-OH is 1. The SMILES string of the molecule is COC(=O)[C@H]1CCC[C@H]1Sc1ccc(C)nc1O[C@H](C)CCCCO. The van der Waals surface area contributed by atoms with Gasteiger partial charge in [0.05, 0.1) is 24.0 Å². The summed E-state index contributed by atoms with van der Waals surface area (Å²) in [4.78, 5) is 17.5. The Kier molecular flexibility index (Phi) is 8.03. The molecule has 140 valence electrons. The lowest BCUT2D eigenvalue weighted by molar-refractivity contribution is -0.144. The highest BCUT2D eigenvalue weighted by Gasteiger charge is 2.35. The summed E-state index contributed by atoms with van der Waals surface area (Å²) >= 11 is 1.68. The monoisotopic (exact) mass is 367 g/mol. The zero-order valence-electron chi connectivity index (χ0n) is 15.4. The Bertz CT molecular complexity index is 566. The molecule has 0 radical (unpaired) electrons. The quantitative estimate of drug-likeness (QED) is 0.529. The third-order valence-corrected chi connectivity index (χ3v) is 5.96. The number of esters is 1. The molecule has 25 heavy (non-hydrogen) atoms. The standard InChI is InChI=1S/C19H29NO4S/c1-13-10-11-17(18(20-13)24-14(2)7-4-5-12-21)25-16-9-6-8-15(16)19(22)23-3/h10-11,14-16,21H,4-9,12H2,1-3H3/t14-,15+,16-/m1/s1. The molecule has 1 aliphatic rings. The highest BCUT2D eigenvalue weighted by Crippen LogP contribution is 2.42. The minimum atomic E-state index is -0.116. The van der Waals surface area contributed by atoms with Gasteiger partial charge in [-0.3, -0.25) is 4.79 Å². The summed E-state index contributed by atoms with van der Waals surface area (Å²) in [6, 6.07) is 4.02. The molecule has 1 N–H and O–H groups in total.